The van der Waals surface area contributed by atoms with Crippen LogP contribution in [-0.2, 0) is 9.47 Å². The molecule has 2 rings (SSSR count). The van der Waals surface area contributed by atoms with E-state index in [4.69, 9.17) is 9.47 Å². The molecule has 2 aliphatic rings. The van der Waals surface area contributed by atoms with Gasteiger partial charge < -0.3 is 9.47 Å². The molecule has 2 aliphatic heterocycles. The third-order valence-electron chi connectivity index (χ3n) is 2.81. The first-order valence-corrected chi connectivity index (χ1v) is 4.00. The zero-order valence-corrected chi connectivity index (χ0v) is 6.59. The van der Waals surface area contributed by atoms with E-state index >= 15 is 0 Å². The van der Waals surface area contributed by atoms with Crippen LogP contribution in [0.1, 0.15) is 20.3 Å². The van der Waals surface area contributed by atoms with Crippen molar-refractivity contribution in [2.45, 2.75) is 26.1 Å². The molecule has 2 fully saturated rings. The van der Waals surface area contributed by atoms with E-state index in [0.29, 0.717) is 11.8 Å². The lowest BCUT2D eigenvalue weighted by Gasteiger charge is -2.22. The van der Waals surface area contributed by atoms with Crippen molar-refractivity contribution in [3.63, 3.8) is 0 Å². The fourth-order valence-corrected chi connectivity index (χ4v) is 2.12. The molecule has 2 nitrogen and oxygen atoms in total. The first kappa shape index (κ1) is 6.62. The average Bonchev–Trinajstić information content (AvgIpc) is 2.35. The third kappa shape index (κ3) is 0.722. The second kappa shape index (κ2) is 1.95. The Labute approximate surface area is 61.5 Å². The van der Waals surface area contributed by atoms with Crippen LogP contribution in [0.2, 0.25) is 0 Å². The van der Waals surface area contributed by atoms with Crippen molar-refractivity contribution >= 4 is 0 Å². The smallest absolute Gasteiger partial charge is 0.168 e. The second-order valence-electron chi connectivity index (χ2n) is 3.55. The fourth-order valence-electron chi connectivity index (χ4n) is 2.12. The first-order valence-electron chi connectivity index (χ1n) is 4.00. The summed E-state index contributed by atoms with van der Waals surface area (Å²) in [6.07, 6.45) is 1.18. The summed E-state index contributed by atoms with van der Waals surface area (Å²) < 4.78 is 11.1. The van der Waals surface area contributed by atoms with Crippen molar-refractivity contribution in [2.24, 2.45) is 11.8 Å². The Morgan fingerprint density at radius 3 is 2.90 bits per heavy atom. The Morgan fingerprint density at radius 2 is 2.20 bits per heavy atom. The van der Waals surface area contributed by atoms with Crippen LogP contribution in [0, 0.1) is 11.8 Å². The van der Waals surface area contributed by atoms with Crippen molar-refractivity contribution in [2.75, 3.05) is 13.2 Å². The zero-order chi connectivity index (χ0) is 7.19. The molecule has 0 aromatic heterocycles. The van der Waals surface area contributed by atoms with Crippen molar-refractivity contribution < 1.29 is 9.47 Å². The maximum absolute atomic E-state index is 5.55. The molecule has 2 heterocycles. The molecule has 10 heavy (non-hydrogen) atoms. The van der Waals surface area contributed by atoms with Crippen LogP contribution in [0.15, 0.2) is 0 Å². The lowest BCUT2D eigenvalue weighted by Crippen LogP contribution is -2.29. The number of hydrogen-bond acceptors (Lipinski definition) is 2. The third-order valence-corrected chi connectivity index (χ3v) is 2.81. The molecular formula is C8H14O2. The molecule has 2 saturated heterocycles. The van der Waals surface area contributed by atoms with Gasteiger partial charge in [-0.05, 0) is 19.3 Å². The lowest BCUT2D eigenvalue weighted by molar-refractivity contribution is -0.181. The van der Waals surface area contributed by atoms with Crippen LogP contribution in [-0.4, -0.2) is 19.0 Å². The minimum atomic E-state index is -0.223. The van der Waals surface area contributed by atoms with Gasteiger partial charge in [0.05, 0.1) is 13.2 Å². The summed E-state index contributed by atoms with van der Waals surface area (Å²) in [5, 5.41) is 0. The van der Waals surface area contributed by atoms with Gasteiger partial charge in [0.1, 0.15) is 0 Å². The molecule has 0 spiro atoms. The Hall–Kier alpha value is -0.0800. The van der Waals surface area contributed by atoms with Gasteiger partial charge in [-0.1, -0.05) is 6.92 Å². The number of hydrogen-bond donors (Lipinski definition) is 0. The van der Waals surface area contributed by atoms with Gasteiger partial charge in [0.15, 0.2) is 5.79 Å². The first-order chi connectivity index (χ1) is 4.72. The summed E-state index contributed by atoms with van der Waals surface area (Å²) in [4.78, 5) is 0. The summed E-state index contributed by atoms with van der Waals surface area (Å²) in [7, 11) is 0. The Kier molecular flexibility index (Phi) is 1.29. The average molecular weight is 142 g/mol. The largest absolute Gasteiger partial charge is 0.350 e. The molecular weight excluding hydrogens is 128 g/mol. The minimum Gasteiger partial charge on any atom is -0.350 e. The minimum absolute atomic E-state index is 0.223. The Morgan fingerprint density at radius 1 is 1.40 bits per heavy atom. The molecule has 0 N–H and O–H groups in total. The van der Waals surface area contributed by atoms with E-state index in [1.54, 1.807) is 0 Å². The van der Waals surface area contributed by atoms with Gasteiger partial charge in [0.25, 0.3) is 0 Å². The normalized spacial score (nSPS) is 53.4. The molecule has 0 aromatic rings. The van der Waals surface area contributed by atoms with E-state index in [1.807, 2.05) is 0 Å². The van der Waals surface area contributed by atoms with Gasteiger partial charge in [0, 0.05) is 5.92 Å². The van der Waals surface area contributed by atoms with Crippen LogP contribution >= 0.6 is 0 Å². The standard InChI is InChI=1S/C8H14O2/c1-6-5-10-8(2)7(6)3-4-9-8/h6-7H,3-5H2,1-2H3/t6?,7-,8+/m1/s1. The van der Waals surface area contributed by atoms with Crippen molar-refractivity contribution in [3.05, 3.63) is 0 Å². The predicted octanol–water partition coefficient (Wildman–Crippen LogP) is 1.41. The van der Waals surface area contributed by atoms with Gasteiger partial charge in [0.2, 0.25) is 0 Å². The highest BCUT2D eigenvalue weighted by molar-refractivity contribution is 4.89. The predicted molar refractivity (Wildman–Crippen MR) is 37.6 cm³/mol. The maximum Gasteiger partial charge on any atom is 0.168 e. The van der Waals surface area contributed by atoms with E-state index in [-0.39, 0.29) is 5.79 Å². The van der Waals surface area contributed by atoms with E-state index in [0.717, 1.165) is 13.2 Å². The van der Waals surface area contributed by atoms with E-state index in [9.17, 15) is 0 Å². The van der Waals surface area contributed by atoms with E-state index in [2.05, 4.69) is 13.8 Å². The molecule has 1 unspecified atom stereocenters. The highest BCUT2D eigenvalue weighted by atomic mass is 16.7. The zero-order valence-electron chi connectivity index (χ0n) is 6.59. The molecule has 58 valence electrons. The number of rotatable bonds is 0. The molecule has 2 heteroatoms. The highest BCUT2D eigenvalue weighted by Crippen LogP contribution is 2.43. The summed E-state index contributed by atoms with van der Waals surface area (Å²) in [5.41, 5.74) is 0. The van der Waals surface area contributed by atoms with Crippen molar-refractivity contribution in [1.82, 2.24) is 0 Å². The molecule has 0 bridgehead atoms. The van der Waals surface area contributed by atoms with Crippen LogP contribution < -0.4 is 0 Å². The summed E-state index contributed by atoms with van der Waals surface area (Å²) in [6.45, 7) is 6.06. The quantitative estimate of drug-likeness (QED) is 0.509. The summed E-state index contributed by atoms with van der Waals surface area (Å²) >= 11 is 0. The Balaban J connectivity index is 2.19. The molecule has 0 amide bonds. The molecule has 0 aromatic carbocycles. The lowest BCUT2D eigenvalue weighted by atomic mass is 9.90. The highest BCUT2D eigenvalue weighted by Gasteiger charge is 2.49. The van der Waals surface area contributed by atoms with Gasteiger partial charge in [-0.3, -0.25) is 0 Å². The van der Waals surface area contributed by atoms with Gasteiger partial charge in [-0.25, -0.2) is 0 Å². The van der Waals surface area contributed by atoms with E-state index in [1.165, 1.54) is 6.42 Å². The van der Waals surface area contributed by atoms with Gasteiger partial charge in [-0.2, -0.15) is 0 Å². The van der Waals surface area contributed by atoms with Crippen LogP contribution in [0.25, 0.3) is 0 Å². The molecule has 0 saturated carbocycles. The monoisotopic (exact) mass is 142 g/mol. The topological polar surface area (TPSA) is 18.5 Å². The fraction of sp³-hybridized carbons (Fsp3) is 1.00. The van der Waals surface area contributed by atoms with E-state index < -0.39 is 0 Å². The summed E-state index contributed by atoms with van der Waals surface area (Å²) in [5.74, 6) is 1.11. The van der Waals surface area contributed by atoms with Crippen LogP contribution in [0.4, 0.5) is 0 Å². The molecule has 0 aliphatic carbocycles. The second-order valence-corrected chi connectivity index (χ2v) is 3.55. The molecule has 3 atom stereocenters. The number of ether oxygens (including phenoxy) is 2. The van der Waals surface area contributed by atoms with Crippen molar-refractivity contribution in [1.29, 1.82) is 0 Å². The van der Waals surface area contributed by atoms with Crippen LogP contribution in [0.3, 0.4) is 0 Å². The molecule has 0 radical (unpaired) electrons. The SMILES string of the molecule is CC1CO[C@]2(C)OCC[C@H]12. The Bertz CT molecular complexity index is 146. The maximum atomic E-state index is 5.55. The number of fused-ring (bicyclic) bond motifs is 1. The van der Waals surface area contributed by atoms with Gasteiger partial charge >= 0.3 is 0 Å². The van der Waals surface area contributed by atoms with Crippen LogP contribution in [0.5, 0.6) is 0 Å². The summed E-state index contributed by atoms with van der Waals surface area (Å²) in [6, 6.07) is 0. The van der Waals surface area contributed by atoms with Crippen molar-refractivity contribution in [3.8, 4) is 0 Å². The van der Waals surface area contributed by atoms with Gasteiger partial charge in [-0.15, -0.1) is 0 Å².